The summed E-state index contributed by atoms with van der Waals surface area (Å²) < 4.78 is 27.7. The number of hydrogen-bond donors (Lipinski definition) is 1. The van der Waals surface area contributed by atoms with Crippen molar-refractivity contribution in [3.8, 4) is 0 Å². The van der Waals surface area contributed by atoms with E-state index in [0.717, 1.165) is 22.3 Å². The molecule has 0 radical (unpaired) electrons. The number of sulfonamides is 1. The molecule has 0 aliphatic carbocycles. The van der Waals surface area contributed by atoms with Crippen LogP contribution >= 0.6 is 0 Å². The lowest BCUT2D eigenvalue weighted by molar-refractivity contribution is 0.283. The Labute approximate surface area is 122 Å². The predicted octanol–water partition coefficient (Wildman–Crippen LogP) is 1.90. The number of piperazine rings is 1. The summed E-state index contributed by atoms with van der Waals surface area (Å²) in [6.07, 6.45) is 0. The normalized spacial score (nSPS) is 21.1. The number of nitrogens with zero attached hydrogens (tertiary/aromatic N) is 1. The highest BCUT2D eigenvalue weighted by Crippen LogP contribution is 2.29. The third kappa shape index (κ3) is 2.50. The summed E-state index contributed by atoms with van der Waals surface area (Å²) in [6, 6.07) is 2.05. The second-order valence-corrected chi connectivity index (χ2v) is 7.59. The van der Waals surface area contributed by atoms with Crippen LogP contribution in [0.2, 0.25) is 0 Å². The topological polar surface area (TPSA) is 49.4 Å². The number of nitrogens with one attached hydrogen (secondary N) is 1. The number of aryl methyl sites for hydroxylation is 2. The molecule has 1 atom stereocenters. The quantitative estimate of drug-likeness (QED) is 0.907. The lowest BCUT2D eigenvalue weighted by Crippen LogP contribution is -2.52. The van der Waals surface area contributed by atoms with Gasteiger partial charge in [-0.15, -0.1) is 0 Å². The molecule has 1 heterocycles. The molecule has 1 aromatic rings. The van der Waals surface area contributed by atoms with Gasteiger partial charge < -0.3 is 5.32 Å². The first kappa shape index (κ1) is 15.5. The number of hydrogen-bond acceptors (Lipinski definition) is 3. The van der Waals surface area contributed by atoms with E-state index in [0.29, 0.717) is 24.5 Å². The van der Waals surface area contributed by atoms with Gasteiger partial charge in [0.15, 0.2) is 0 Å². The van der Waals surface area contributed by atoms with Crippen LogP contribution in [0.4, 0.5) is 0 Å². The minimum atomic E-state index is -3.42. The Kier molecular flexibility index (Phi) is 4.23. The summed E-state index contributed by atoms with van der Waals surface area (Å²) in [7, 11) is -3.42. The second kappa shape index (κ2) is 5.47. The molecule has 112 valence electrons. The third-order valence-corrected chi connectivity index (χ3v) is 6.59. The van der Waals surface area contributed by atoms with E-state index in [1.54, 1.807) is 4.31 Å². The Morgan fingerprint density at radius 2 is 1.70 bits per heavy atom. The maximum Gasteiger partial charge on any atom is 0.243 e. The maximum absolute atomic E-state index is 13.0. The Hall–Kier alpha value is -0.910. The van der Waals surface area contributed by atoms with E-state index in [-0.39, 0.29) is 6.04 Å². The van der Waals surface area contributed by atoms with Gasteiger partial charge in [0.05, 0.1) is 4.90 Å². The van der Waals surface area contributed by atoms with Gasteiger partial charge in [0, 0.05) is 25.7 Å². The van der Waals surface area contributed by atoms with Crippen molar-refractivity contribution in [2.45, 2.75) is 45.6 Å². The molecule has 1 fully saturated rings. The van der Waals surface area contributed by atoms with Crippen molar-refractivity contribution in [2.24, 2.45) is 0 Å². The molecule has 2 rings (SSSR count). The minimum Gasteiger partial charge on any atom is -0.314 e. The highest BCUT2D eigenvalue weighted by molar-refractivity contribution is 7.89. The van der Waals surface area contributed by atoms with Crippen LogP contribution in [0.3, 0.4) is 0 Å². The zero-order valence-corrected chi connectivity index (χ0v) is 13.8. The summed E-state index contributed by atoms with van der Waals surface area (Å²) in [4.78, 5) is 0.503. The van der Waals surface area contributed by atoms with Gasteiger partial charge in [0.1, 0.15) is 0 Å². The van der Waals surface area contributed by atoms with Crippen LogP contribution in [0, 0.1) is 27.7 Å². The van der Waals surface area contributed by atoms with Gasteiger partial charge in [-0.1, -0.05) is 6.07 Å². The third-order valence-electron chi connectivity index (χ3n) is 4.30. The Bertz CT molecular complexity index is 597. The summed E-state index contributed by atoms with van der Waals surface area (Å²) >= 11 is 0. The zero-order chi connectivity index (χ0) is 15.1. The first-order valence-corrected chi connectivity index (χ1v) is 8.50. The molecule has 1 aliphatic rings. The van der Waals surface area contributed by atoms with Crippen molar-refractivity contribution in [3.63, 3.8) is 0 Å². The highest BCUT2D eigenvalue weighted by Gasteiger charge is 2.33. The zero-order valence-electron chi connectivity index (χ0n) is 12.9. The molecule has 0 aromatic heterocycles. The molecule has 0 amide bonds. The Balaban J connectivity index is 2.60. The van der Waals surface area contributed by atoms with Crippen molar-refractivity contribution in [3.05, 3.63) is 28.3 Å². The largest absolute Gasteiger partial charge is 0.314 e. The van der Waals surface area contributed by atoms with E-state index in [4.69, 9.17) is 0 Å². The molecule has 0 unspecified atom stereocenters. The fourth-order valence-corrected chi connectivity index (χ4v) is 5.07. The van der Waals surface area contributed by atoms with E-state index in [2.05, 4.69) is 11.4 Å². The van der Waals surface area contributed by atoms with Crippen molar-refractivity contribution < 1.29 is 8.42 Å². The van der Waals surface area contributed by atoms with E-state index >= 15 is 0 Å². The number of rotatable bonds is 2. The van der Waals surface area contributed by atoms with E-state index in [1.165, 1.54) is 0 Å². The lowest BCUT2D eigenvalue weighted by Gasteiger charge is -2.34. The Morgan fingerprint density at radius 3 is 2.20 bits per heavy atom. The average molecular weight is 296 g/mol. The van der Waals surface area contributed by atoms with Gasteiger partial charge in [-0.05, 0) is 56.9 Å². The van der Waals surface area contributed by atoms with Gasteiger partial charge in [-0.3, -0.25) is 0 Å². The van der Waals surface area contributed by atoms with Crippen LogP contribution in [0.25, 0.3) is 0 Å². The smallest absolute Gasteiger partial charge is 0.243 e. The first-order chi connectivity index (χ1) is 9.26. The van der Waals surface area contributed by atoms with E-state index in [1.807, 2.05) is 34.6 Å². The van der Waals surface area contributed by atoms with Gasteiger partial charge >= 0.3 is 0 Å². The predicted molar refractivity (Wildman–Crippen MR) is 81.6 cm³/mol. The van der Waals surface area contributed by atoms with Gasteiger partial charge in [0.2, 0.25) is 10.0 Å². The SMILES string of the molecule is Cc1cc(C)c(C)c(S(=O)(=O)N2CCNC[C@@H]2C)c1C. The molecule has 20 heavy (non-hydrogen) atoms. The molecule has 1 aliphatic heterocycles. The number of benzene rings is 1. The second-order valence-electron chi connectivity index (χ2n) is 5.76. The first-order valence-electron chi connectivity index (χ1n) is 7.06. The van der Waals surface area contributed by atoms with Crippen LogP contribution in [0.15, 0.2) is 11.0 Å². The fourth-order valence-electron chi connectivity index (χ4n) is 2.86. The standard InChI is InChI=1S/C15H24N2O2S/c1-10-8-11(2)14(5)15(13(10)4)20(18,19)17-7-6-16-9-12(17)3/h8,12,16H,6-7,9H2,1-5H3/t12-/m0/s1. The molecule has 4 nitrogen and oxygen atoms in total. The average Bonchev–Trinajstić information content (AvgIpc) is 2.36. The van der Waals surface area contributed by atoms with Crippen LogP contribution in [-0.4, -0.2) is 38.4 Å². The van der Waals surface area contributed by atoms with Crippen LogP contribution in [-0.2, 0) is 10.0 Å². The summed E-state index contributed by atoms with van der Waals surface area (Å²) in [6.45, 7) is 11.7. The molecule has 1 aromatic carbocycles. The van der Waals surface area contributed by atoms with Crippen LogP contribution < -0.4 is 5.32 Å². The van der Waals surface area contributed by atoms with Crippen molar-refractivity contribution in [1.29, 1.82) is 0 Å². The molecule has 5 heteroatoms. The van der Waals surface area contributed by atoms with Crippen LogP contribution in [0.1, 0.15) is 29.2 Å². The molecule has 1 saturated heterocycles. The molecule has 0 saturated carbocycles. The molecule has 0 bridgehead atoms. The summed E-state index contributed by atoms with van der Waals surface area (Å²) in [5.74, 6) is 0. The van der Waals surface area contributed by atoms with E-state index in [9.17, 15) is 8.42 Å². The maximum atomic E-state index is 13.0. The summed E-state index contributed by atoms with van der Waals surface area (Å²) in [5, 5.41) is 3.23. The van der Waals surface area contributed by atoms with Crippen molar-refractivity contribution in [2.75, 3.05) is 19.6 Å². The van der Waals surface area contributed by atoms with Crippen molar-refractivity contribution >= 4 is 10.0 Å². The van der Waals surface area contributed by atoms with E-state index < -0.39 is 10.0 Å². The van der Waals surface area contributed by atoms with Crippen LogP contribution in [0.5, 0.6) is 0 Å². The van der Waals surface area contributed by atoms with Gasteiger partial charge in [-0.2, -0.15) is 4.31 Å². The fraction of sp³-hybridized carbons (Fsp3) is 0.600. The molecular weight excluding hydrogens is 272 g/mol. The van der Waals surface area contributed by atoms with Gasteiger partial charge in [-0.25, -0.2) is 8.42 Å². The highest BCUT2D eigenvalue weighted by atomic mass is 32.2. The molecular formula is C15H24N2O2S. The monoisotopic (exact) mass is 296 g/mol. The minimum absolute atomic E-state index is 0.00614. The van der Waals surface area contributed by atoms with Crippen molar-refractivity contribution in [1.82, 2.24) is 9.62 Å². The Morgan fingerprint density at radius 1 is 1.15 bits per heavy atom. The lowest BCUT2D eigenvalue weighted by atomic mass is 10.0. The molecule has 0 spiro atoms. The summed E-state index contributed by atoms with van der Waals surface area (Å²) in [5.41, 5.74) is 3.82. The molecule has 1 N–H and O–H groups in total. The van der Waals surface area contributed by atoms with Gasteiger partial charge in [0.25, 0.3) is 0 Å².